The maximum absolute atomic E-state index is 13.2. The van der Waals surface area contributed by atoms with Gasteiger partial charge < -0.3 is 10.6 Å². The molecule has 1 aliphatic heterocycles. The molecule has 1 aromatic carbocycles. The summed E-state index contributed by atoms with van der Waals surface area (Å²) >= 11 is 0. The van der Waals surface area contributed by atoms with Crippen LogP contribution < -0.4 is 5.73 Å². The number of rotatable bonds is 2. The molecule has 1 aromatic rings. The average Bonchev–Trinajstić information content (AvgIpc) is 2.38. The minimum absolute atomic E-state index is 0.119. The standard InChI is InChI=1S/C13H18FN3O3S/c1-13(2)12(18)16(3)6-7-17(13)21(19,20)9-4-5-10(14)11(15)8-9/h4-5,8H,6-7,15H2,1-3H3. The molecule has 0 aliphatic carbocycles. The molecule has 0 atom stereocenters. The maximum Gasteiger partial charge on any atom is 0.244 e. The van der Waals surface area contributed by atoms with Gasteiger partial charge in [-0.3, -0.25) is 4.79 Å². The molecule has 0 radical (unpaired) electrons. The average molecular weight is 315 g/mol. The molecule has 8 heteroatoms. The number of amides is 1. The molecule has 21 heavy (non-hydrogen) atoms. The maximum atomic E-state index is 13.2. The number of benzene rings is 1. The van der Waals surface area contributed by atoms with Crippen molar-refractivity contribution >= 4 is 21.6 Å². The van der Waals surface area contributed by atoms with E-state index in [-0.39, 0.29) is 23.0 Å². The van der Waals surface area contributed by atoms with Crippen LogP contribution in [0.3, 0.4) is 0 Å². The van der Waals surface area contributed by atoms with Crippen molar-refractivity contribution in [1.82, 2.24) is 9.21 Å². The van der Waals surface area contributed by atoms with Crippen molar-refractivity contribution in [3.05, 3.63) is 24.0 Å². The highest BCUT2D eigenvalue weighted by molar-refractivity contribution is 7.89. The Morgan fingerprint density at radius 2 is 1.90 bits per heavy atom. The molecule has 2 N–H and O–H groups in total. The van der Waals surface area contributed by atoms with Crippen LogP contribution in [0.25, 0.3) is 0 Å². The zero-order valence-electron chi connectivity index (χ0n) is 12.1. The minimum atomic E-state index is -3.93. The third-order valence-electron chi connectivity index (χ3n) is 3.69. The van der Waals surface area contributed by atoms with E-state index in [9.17, 15) is 17.6 Å². The van der Waals surface area contributed by atoms with Gasteiger partial charge >= 0.3 is 0 Å². The number of halogens is 1. The van der Waals surface area contributed by atoms with Crippen molar-refractivity contribution in [3.8, 4) is 0 Å². The Balaban J connectivity index is 2.48. The fourth-order valence-corrected chi connectivity index (χ4v) is 4.20. The van der Waals surface area contributed by atoms with Crippen LogP contribution in [0.5, 0.6) is 0 Å². The number of sulfonamides is 1. The van der Waals surface area contributed by atoms with Crippen LogP contribution in [0.15, 0.2) is 23.1 Å². The fraction of sp³-hybridized carbons (Fsp3) is 0.462. The van der Waals surface area contributed by atoms with E-state index >= 15 is 0 Å². The Labute approximate surface area is 123 Å². The number of carbonyl (C=O) groups is 1. The number of anilines is 1. The molecule has 0 bridgehead atoms. The smallest absolute Gasteiger partial charge is 0.244 e. The number of carbonyl (C=O) groups excluding carboxylic acids is 1. The molecule has 116 valence electrons. The second kappa shape index (κ2) is 4.96. The zero-order chi connectivity index (χ0) is 16.0. The summed E-state index contributed by atoms with van der Waals surface area (Å²) in [5, 5.41) is 0. The van der Waals surface area contributed by atoms with Gasteiger partial charge in [-0.25, -0.2) is 12.8 Å². The molecule has 1 aliphatic rings. The minimum Gasteiger partial charge on any atom is -0.396 e. The van der Waals surface area contributed by atoms with Gasteiger partial charge in [0.1, 0.15) is 11.4 Å². The van der Waals surface area contributed by atoms with Crippen LogP contribution in [0.2, 0.25) is 0 Å². The largest absolute Gasteiger partial charge is 0.396 e. The topological polar surface area (TPSA) is 83.7 Å². The van der Waals surface area contributed by atoms with E-state index in [4.69, 9.17) is 5.73 Å². The number of nitrogen functional groups attached to an aromatic ring is 1. The number of likely N-dealkylation sites (N-methyl/N-ethyl adjacent to an activating group) is 1. The summed E-state index contributed by atoms with van der Waals surface area (Å²) in [6.45, 7) is 3.58. The van der Waals surface area contributed by atoms with Gasteiger partial charge in [-0.15, -0.1) is 0 Å². The van der Waals surface area contributed by atoms with Crippen molar-refractivity contribution in [2.45, 2.75) is 24.3 Å². The van der Waals surface area contributed by atoms with E-state index in [1.165, 1.54) is 4.90 Å². The molecular weight excluding hydrogens is 297 g/mol. The van der Waals surface area contributed by atoms with Crippen molar-refractivity contribution in [3.63, 3.8) is 0 Å². The van der Waals surface area contributed by atoms with Gasteiger partial charge in [-0.1, -0.05) is 0 Å². The van der Waals surface area contributed by atoms with E-state index in [0.29, 0.717) is 6.54 Å². The summed E-state index contributed by atoms with van der Waals surface area (Å²) in [6, 6.07) is 3.23. The first-order valence-electron chi connectivity index (χ1n) is 6.42. The van der Waals surface area contributed by atoms with E-state index < -0.39 is 21.4 Å². The van der Waals surface area contributed by atoms with Crippen molar-refractivity contribution < 1.29 is 17.6 Å². The summed E-state index contributed by atoms with van der Waals surface area (Å²) in [6.07, 6.45) is 0. The number of nitrogens with two attached hydrogens (primary N) is 1. The molecule has 1 amide bonds. The number of hydrogen-bond donors (Lipinski definition) is 1. The fourth-order valence-electron chi connectivity index (χ4n) is 2.43. The molecule has 0 spiro atoms. The Morgan fingerprint density at radius 1 is 1.29 bits per heavy atom. The first-order chi connectivity index (χ1) is 9.58. The second-order valence-electron chi connectivity index (χ2n) is 5.55. The predicted molar refractivity (Wildman–Crippen MR) is 76.4 cm³/mol. The first kappa shape index (κ1) is 15.7. The summed E-state index contributed by atoms with van der Waals surface area (Å²) in [5.74, 6) is -0.963. The van der Waals surface area contributed by atoms with E-state index in [0.717, 1.165) is 22.5 Å². The summed E-state index contributed by atoms with van der Waals surface area (Å²) in [5.41, 5.74) is 3.99. The summed E-state index contributed by atoms with van der Waals surface area (Å²) in [7, 11) is -2.30. The van der Waals surface area contributed by atoms with Gasteiger partial charge in [0.2, 0.25) is 15.9 Å². The molecule has 1 fully saturated rings. The Morgan fingerprint density at radius 3 is 2.48 bits per heavy atom. The van der Waals surface area contributed by atoms with Crippen LogP contribution in [0, 0.1) is 5.82 Å². The van der Waals surface area contributed by atoms with Gasteiger partial charge in [-0.05, 0) is 32.0 Å². The molecule has 2 rings (SSSR count). The lowest BCUT2D eigenvalue weighted by Gasteiger charge is -2.43. The first-order valence-corrected chi connectivity index (χ1v) is 7.86. The van der Waals surface area contributed by atoms with Crippen molar-refractivity contribution in [1.29, 1.82) is 0 Å². The van der Waals surface area contributed by atoms with Crippen molar-refractivity contribution in [2.24, 2.45) is 0 Å². The second-order valence-corrected chi connectivity index (χ2v) is 7.41. The van der Waals surface area contributed by atoms with Crippen molar-refractivity contribution in [2.75, 3.05) is 25.9 Å². The Hall–Kier alpha value is -1.67. The third-order valence-corrected chi connectivity index (χ3v) is 5.76. The molecule has 0 saturated carbocycles. The van der Waals surface area contributed by atoms with Gasteiger partial charge in [0, 0.05) is 20.1 Å². The zero-order valence-corrected chi connectivity index (χ0v) is 12.9. The molecule has 0 aromatic heterocycles. The highest BCUT2D eigenvalue weighted by Gasteiger charge is 2.46. The van der Waals surface area contributed by atoms with Gasteiger partial charge in [0.05, 0.1) is 10.6 Å². The van der Waals surface area contributed by atoms with Crippen LogP contribution >= 0.6 is 0 Å². The lowest BCUT2D eigenvalue weighted by atomic mass is 10.0. The quantitative estimate of drug-likeness (QED) is 0.812. The molecule has 1 saturated heterocycles. The van der Waals surface area contributed by atoms with Gasteiger partial charge in [0.15, 0.2) is 0 Å². The van der Waals surface area contributed by atoms with Crippen LogP contribution in [0.4, 0.5) is 10.1 Å². The van der Waals surface area contributed by atoms with Crippen LogP contribution in [0.1, 0.15) is 13.8 Å². The highest BCUT2D eigenvalue weighted by atomic mass is 32.2. The normalized spacial score (nSPS) is 19.8. The number of nitrogens with zero attached hydrogens (tertiary/aromatic N) is 2. The van der Waals surface area contributed by atoms with E-state index in [2.05, 4.69) is 0 Å². The molecule has 6 nitrogen and oxygen atoms in total. The number of hydrogen-bond acceptors (Lipinski definition) is 4. The monoisotopic (exact) mass is 315 g/mol. The Bertz CT molecular complexity index is 688. The van der Waals surface area contributed by atoms with Crippen LogP contribution in [-0.2, 0) is 14.8 Å². The molecule has 1 heterocycles. The SMILES string of the molecule is CN1CCN(S(=O)(=O)c2ccc(F)c(N)c2)C(C)(C)C1=O. The molecular formula is C13H18FN3O3S. The van der Waals surface area contributed by atoms with E-state index in [1.807, 2.05) is 0 Å². The third kappa shape index (κ3) is 2.49. The summed E-state index contributed by atoms with van der Waals surface area (Å²) in [4.78, 5) is 13.6. The Kier molecular flexibility index (Phi) is 3.71. The van der Waals surface area contributed by atoms with Gasteiger partial charge in [-0.2, -0.15) is 4.31 Å². The lowest BCUT2D eigenvalue weighted by Crippen LogP contribution is -2.63. The van der Waals surface area contributed by atoms with Gasteiger partial charge in [0.25, 0.3) is 0 Å². The van der Waals surface area contributed by atoms with Crippen LogP contribution in [-0.4, -0.2) is 49.2 Å². The van der Waals surface area contributed by atoms with E-state index in [1.54, 1.807) is 20.9 Å². The highest BCUT2D eigenvalue weighted by Crippen LogP contribution is 2.30. The lowest BCUT2D eigenvalue weighted by molar-refractivity contribution is -0.142. The molecule has 0 unspecified atom stereocenters. The predicted octanol–water partition coefficient (Wildman–Crippen LogP) is 0.649. The number of piperazine rings is 1. The summed E-state index contributed by atoms with van der Waals surface area (Å²) < 4.78 is 39.7.